The van der Waals surface area contributed by atoms with Crippen molar-refractivity contribution in [2.75, 3.05) is 6.61 Å². The van der Waals surface area contributed by atoms with Crippen LogP contribution in [0.3, 0.4) is 0 Å². The van der Waals surface area contributed by atoms with Crippen molar-refractivity contribution in [1.82, 2.24) is 0 Å². The van der Waals surface area contributed by atoms with Crippen molar-refractivity contribution in [1.29, 1.82) is 0 Å². The molecule has 0 aromatic heterocycles. The zero-order valence-corrected chi connectivity index (χ0v) is 29.9. The maximum absolute atomic E-state index is 11.0. The third kappa shape index (κ3) is 9.76. The van der Waals surface area contributed by atoms with E-state index >= 15 is 0 Å². The average Bonchev–Trinajstić information content (AvgIpc) is 3.52. The monoisotopic (exact) mass is 626 g/mol. The summed E-state index contributed by atoms with van der Waals surface area (Å²) in [5.74, 6) is 1.39. The Hall–Kier alpha value is -1.50. The summed E-state index contributed by atoms with van der Waals surface area (Å²) in [4.78, 5) is 0. The lowest BCUT2D eigenvalue weighted by atomic mass is 9.61. The summed E-state index contributed by atoms with van der Waals surface area (Å²) >= 11 is 0. The molecule has 0 amide bonds. The standard InChI is InChI=1S/C40H66O5/c1-29(16-12-17-31(3)20-21-35-36(4,5)24-33(42)26-38(35,8)44)14-10-11-15-30(2)18-13-19-32(28-41)22-23-40-37(6,7)25-34(43)27-39(40,9)45-40/h10-11,13-15,18,20-23,29-35,41-44H,12,16-17,19,24-28H2,1-9H3/b14-10+,15-11+,18-13+,21-20?,23-22+/t29?,30?,31?,32?,33-,34-,35?,38+,39+,40-/m0/s1. The number of epoxide rings is 1. The molecule has 5 nitrogen and oxygen atoms in total. The van der Waals surface area contributed by atoms with Crippen LogP contribution in [-0.4, -0.2) is 56.0 Å². The molecular formula is C40H66O5. The minimum Gasteiger partial charge on any atom is -0.396 e. The second-order valence-corrected chi connectivity index (χ2v) is 16.8. The van der Waals surface area contributed by atoms with Crippen molar-refractivity contribution in [2.24, 2.45) is 40.4 Å². The van der Waals surface area contributed by atoms with E-state index < -0.39 is 11.7 Å². The van der Waals surface area contributed by atoms with Crippen LogP contribution in [0.4, 0.5) is 0 Å². The van der Waals surface area contributed by atoms with Gasteiger partial charge in [-0.3, -0.25) is 0 Å². The second kappa shape index (κ2) is 15.2. The van der Waals surface area contributed by atoms with Gasteiger partial charge in [0.1, 0.15) is 11.2 Å². The van der Waals surface area contributed by atoms with Gasteiger partial charge in [-0.1, -0.05) is 116 Å². The Morgan fingerprint density at radius 1 is 0.778 bits per heavy atom. The number of hydrogen-bond acceptors (Lipinski definition) is 5. The van der Waals surface area contributed by atoms with E-state index in [2.05, 4.69) is 116 Å². The first-order valence-corrected chi connectivity index (χ1v) is 17.7. The molecule has 3 rings (SSSR count). The van der Waals surface area contributed by atoms with E-state index in [0.29, 0.717) is 30.6 Å². The maximum atomic E-state index is 11.0. The first-order chi connectivity index (χ1) is 20.9. The number of rotatable bonds is 15. The van der Waals surface area contributed by atoms with Crippen LogP contribution in [0.2, 0.25) is 0 Å². The highest BCUT2D eigenvalue weighted by atomic mass is 16.6. The normalized spacial score (nSPS) is 37.5. The Bertz CT molecular complexity index is 1080. The molecule has 5 heteroatoms. The SMILES string of the molecule is CC(/C=C/C=C/C(C)CCCC(C)C=CC1C(C)(C)C[C@H](O)C[C@@]1(C)O)/C=C/CC(/C=C/[C@@]12O[C@]1(C)C[C@@H](O)CC2(C)C)CO. The molecule has 45 heavy (non-hydrogen) atoms. The lowest BCUT2D eigenvalue weighted by molar-refractivity contribution is -0.111. The molecule has 3 fully saturated rings. The molecule has 0 aromatic rings. The molecule has 2 aliphatic carbocycles. The van der Waals surface area contributed by atoms with Gasteiger partial charge in [0, 0.05) is 36.7 Å². The van der Waals surface area contributed by atoms with Gasteiger partial charge in [-0.15, -0.1) is 0 Å². The Balaban J connectivity index is 1.37. The van der Waals surface area contributed by atoms with Crippen LogP contribution in [0.1, 0.15) is 114 Å². The van der Waals surface area contributed by atoms with Crippen LogP contribution in [0, 0.1) is 40.4 Å². The van der Waals surface area contributed by atoms with Gasteiger partial charge in [-0.25, -0.2) is 0 Å². The third-order valence-electron chi connectivity index (χ3n) is 11.1. The molecule has 2 saturated carbocycles. The van der Waals surface area contributed by atoms with Crippen molar-refractivity contribution >= 4 is 0 Å². The molecule has 1 aliphatic heterocycles. The van der Waals surface area contributed by atoms with Gasteiger partial charge in [0.2, 0.25) is 0 Å². The van der Waals surface area contributed by atoms with Crippen molar-refractivity contribution in [2.45, 2.75) is 143 Å². The summed E-state index contributed by atoms with van der Waals surface area (Å²) < 4.78 is 6.25. The average molecular weight is 627 g/mol. The van der Waals surface area contributed by atoms with Crippen molar-refractivity contribution < 1.29 is 25.2 Å². The number of fused-ring (bicyclic) bond motifs is 1. The summed E-state index contributed by atoms with van der Waals surface area (Å²) in [6.45, 7) is 19.4. The van der Waals surface area contributed by atoms with E-state index in [1.165, 1.54) is 0 Å². The molecule has 0 bridgehead atoms. The molecule has 256 valence electrons. The highest BCUT2D eigenvalue weighted by molar-refractivity contribution is 5.32. The molecule has 3 aliphatic rings. The van der Waals surface area contributed by atoms with E-state index in [0.717, 1.165) is 38.5 Å². The molecule has 1 heterocycles. The molecule has 10 atom stereocenters. The largest absolute Gasteiger partial charge is 0.396 e. The van der Waals surface area contributed by atoms with Gasteiger partial charge < -0.3 is 25.2 Å². The van der Waals surface area contributed by atoms with E-state index in [9.17, 15) is 20.4 Å². The van der Waals surface area contributed by atoms with E-state index in [-0.39, 0.29) is 46.6 Å². The fourth-order valence-electron chi connectivity index (χ4n) is 8.56. The fourth-order valence-corrected chi connectivity index (χ4v) is 8.56. The smallest absolute Gasteiger partial charge is 0.121 e. The third-order valence-corrected chi connectivity index (χ3v) is 11.1. The summed E-state index contributed by atoms with van der Waals surface area (Å²) in [5, 5.41) is 41.4. The predicted octanol–water partition coefficient (Wildman–Crippen LogP) is 8.10. The zero-order chi connectivity index (χ0) is 33.7. The highest BCUT2D eigenvalue weighted by Crippen LogP contribution is 2.66. The van der Waals surface area contributed by atoms with Crippen LogP contribution in [0.25, 0.3) is 0 Å². The minimum atomic E-state index is -0.871. The van der Waals surface area contributed by atoms with Gasteiger partial charge in [0.05, 0.1) is 17.8 Å². The first kappa shape index (κ1) is 38.0. The molecular weight excluding hydrogens is 560 g/mol. The van der Waals surface area contributed by atoms with Gasteiger partial charge in [-0.05, 0) is 69.1 Å². The maximum Gasteiger partial charge on any atom is 0.121 e. The van der Waals surface area contributed by atoms with Crippen LogP contribution in [-0.2, 0) is 4.74 Å². The number of ether oxygens (including phenoxy) is 1. The summed E-state index contributed by atoms with van der Waals surface area (Å²) in [5.41, 5.74) is -1.81. The number of hydrogen-bond donors (Lipinski definition) is 4. The fraction of sp³-hybridized carbons (Fsp3) is 0.750. The quantitative estimate of drug-likeness (QED) is 0.0837. The zero-order valence-electron chi connectivity index (χ0n) is 29.9. The predicted molar refractivity (Wildman–Crippen MR) is 187 cm³/mol. The number of aliphatic hydroxyl groups excluding tert-OH is 3. The lowest BCUT2D eigenvalue weighted by Gasteiger charge is -2.48. The Morgan fingerprint density at radius 2 is 1.40 bits per heavy atom. The second-order valence-electron chi connectivity index (χ2n) is 16.8. The summed E-state index contributed by atoms with van der Waals surface area (Å²) in [6.07, 6.45) is 27.9. The summed E-state index contributed by atoms with van der Waals surface area (Å²) in [6, 6.07) is 0. The molecule has 0 aromatic carbocycles. The van der Waals surface area contributed by atoms with E-state index in [4.69, 9.17) is 4.74 Å². The molecule has 5 unspecified atom stereocenters. The molecule has 0 radical (unpaired) electrons. The van der Waals surface area contributed by atoms with Gasteiger partial charge in [0.25, 0.3) is 0 Å². The van der Waals surface area contributed by atoms with Gasteiger partial charge in [0.15, 0.2) is 0 Å². The van der Waals surface area contributed by atoms with Crippen LogP contribution >= 0.6 is 0 Å². The number of aliphatic hydroxyl groups is 4. The molecule has 4 N–H and O–H groups in total. The Labute approximate surface area is 275 Å². The highest BCUT2D eigenvalue weighted by Gasteiger charge is 2.74. The molecule has 0 spiro atoms. The van der Waals surface area contributed by atoms with E-state index in [1.807, 2.05) is 6.92 Å². The van der Waals surface area contributed by atoms with Crippen LogP contribution < -0.4 is 0 Å². The topological polar surface area (TPSA) is 93.5 Å². The first-order valence-electron chi connectivity index (χ1n) is 17.7. The van der Waals surface area contributed by atoms with Crippen molar-refractivity contribution in [3.8, 4) is 0 Å². The van der Waals surface area contributed by atoms with Crippen molar-refractivity contribution in [3.05, 3.63) is 60.8 Å². The Kier molecular flexibility index (Phi) is 12.8. The van der Waals surface area contributed by atoms with E-state index in [1.54, 1.807) is 0 Å². The van der Waals surface area contributed by atoms with Crippen LogP contribution in [0.15, 0.2) is 60.8 Å². The minimum absolute atomic E-state index is 0.0462. The van der Waals surface area contributed by atoms with Gasteiger partial charge in [-0.2, -0.15) is 0 Å². The summed E-state index contributed by atoms with van der Waals surface area (Å²) in [7, 11) is 0. The lowest BCUT2D eigenvalue weighted by Crippen LogP contribution is -2.50. The Morgan fingerprint density at radius 3 is 2.02 bits per heavy atom. The number of allylic oxidation sites excluding steroid dienone is 7. The van der Waals surface area contributed by atoms with Crippen LogP contribution in [0.5, 0.6) is 0 Å². The van der Waals surface area contributed by atoms with Crippen molar-refractivity contribution in [3.63, 3.8) is 0 Å². The molecule has 1 saturated heterocycles. The van der Waals surface area contributed by atoms with Gasteiger partial charge >= 0.3 is 0 Å².